The van der Waals surface area contributed by atoms with Crippen molar-refractivity contribution in [1.82, 2.24) is 14.8 Å². The quantitative estimate of drug-likeness (QED) is 0.859. The summed E-state index contributed by atoms with van der Waals surface area (Å²) in [7, 11) is 4.00. The maximum atomic E-state index is 12.6. The second-order valence-corrected chi connectivity index (χ2v) is 5.86. The first-order valence-electron chi connectivity index (χ1n) is 6.97. The zero-order valence-corrected chi connectivity index (χ0v) is 13.2. The van der Waals surface area contributed by atoms with Gasteiger partial charge >= 0.3 is 0 Å². The molecule has 0 aliphatic rings. The lowest BCUT2D eigenvalue weighted by Crippen LogP contribution is -2.39. The van der Waals surface area contributed by atoms with E-state index < -0.39 is 0 Å². The van der Waals surface area contributed by atoms with E-state index in [4.69, 9.17) is 5.73 Å². The molecule has 112 valence electrons. The van der Waals surface area contributed by atoms with Crippen LogP contribution in [0, 0.1) is 12.8 Å². The van der Waals surface area contributed by atoms with Gasteiger partial charge in [0.1, 0.15) is 0 Å². The predicted molar refractivity (Wildman–Crippen MR) is 82.7 cm³/mol. The molecule has 5 nitrogen and oxygen atoms in total. The van der Waals surface area contributed by atoms with Crippen LogP contribution in [0.4, 0.5) is 5.69 Å². The number of hydrogen-bond donors (Lipinski definition) is 1. The molecule has 1 amide bonds. The Balaban J connectivity index is 2.90. The van der Waals surface area contributed by atoms with E-state index in [0.717, 1.165) is 18.8 Å². The molecule has 20 heavy (non-hydrogen) atoms. The Morgan fingerprint density at radius 2 is 2.00 bits per heavy atom. The fourth-order valence-electron chi connectivity index (χ4n) is 1.97. The van der Waals surface area contributed by atoms with Gasteiger partial charge in [-0.3, -0.25) is 9.78 Å². The fourth-order valence-corrected chi connectivity index (χ4v) is 1.97. The molecule has 0 bridgehead atoms. The van der Waals surface area contributed by atoms with Gasteiger partial charge in [-0.1, -0.05) is 13.8 Å². The van der Waals surface area contributed by atoms with E-state index >= 15 is 0 Å². The third-order valence-corrected chi connectivity index (χ3v) is 2.99. The summed E-state index contributed by atoms with van der Waals surface area (Å²) in [5.74, 6) is 0.381. The maximum Gasteiger partial charge on any atom is 0.257 e. The molecule has 0 spiro atoms. The normalized spacial score (nSPS) is 11.2. The average molecular weight is 278 g/mol. The number of nitrogens with zero attached hydrogens (tertiary/aromatic N) is 3. The van der Waals surface area contributed by atoms with E-state index in [-0.39, 0.29) is 5.91 Å². The van der Waals surface area contributed by atoms with E-state index in [1.54, 1.807) is 12.3 Å². The van der Waals surface area contributed by atoms with Crippen molar-refractivity contribution in [3.8, 4) is 0 Å². The smallest absolute Gasteiger partial charge is 0.257 e. The molecule has 0 radical (unpaired) electrons. The third kappa shape index (κ3) is 4.81. The lowest BCUT2D eigenvalue weighted by molar-refractivity contribution is 0.0725. The van der Waals surface area contributed by atoms with Crippen molar-refractivity contribution in [2.75, 3.05) is 39.5 Å². The summed E-state index contributed by atoms with van der Waals surface area (Å²) in [4.78, 5) is 20.7. The number of rotatable bonds is 6. The van der Waals surface area contributed by atoms with E-state index in [0.29, 0.717) is 23.7 Å². The lowest BCUT2D eigenvalue weighted by atomic mass is 10.1. The number of aromatic nitrogens is 1. The molecule has 2 N–H and O–H groups in total. The Bertz CT molecular complexity index is 457. The van der Waals surface area contributed by atoms with Crippen LogP contribution in [0.15, 0.2) is 12.3 Å². The van der Waals surface area contributed by atoms with Crippen LogP contribution in [0.5, 0.6) is 0 Å². The van der Waals surface area contributed by atoms with Gasteiger partial charge in [-0.15, -0.1) is 0 Å². The van der Waals surface area contributed by atoms with Crippen molar-refractivity contribution >= 4 is 11.6 Å². The molecule has 0 atom stereocenters. The highest BCUT2D eigenvalue weighted by Crippen LogP contribution is 2.15. The molecule has 0 fully saturated rings. The van der Waals surface area contributed by atoms with Crippen molar-refractivity contribution in [3.63, 3.8) is 0 Å². The minimum Gasteiger partial charge on any atom is -0.398 e. The zero-order valence-electron chi connectivity index (χ0n) is 13.2. The Morgan fingerprint density at radius 1 is 1.35 bits per heavy atom. The molecule has 0 aromatic carbocycles. The van der Waals surface area contributed by atoms with Gasteiger partial charge in [0.05, 0.1) is 5.56 Å². The molecular formula is C15H26N4O. The number of pyridine rings is 1. The van der Waals surface area contributed by atoms with Crippen molar-refractivity contribution in [2.45, 2.75) is 20.8 Å². The summed E-state index contributed by atoms with van der Waals surface area (Å²) in [6, 6.07) is 1.74. The second kappa shape index (κ2) is 7.24. The SMILES string of the molecule is Cc1cc(N)c(C(=O)N(CCN(C)C)CC(C)C)cn1. The van der Waals surface area contributed by atoms with Crippen LogP contribution in [0.3, 0.4) is 0 Å². The largest absolute Gasteiger partial charge is 0.398 e. The van der Waals surface area contributed by atoms with Gasteiger partial charge in [-0.2, -0.15) is 0 Å². The predicted octanol–water partition coefficient (Wildman–Crippen LogP) is 1.63. The van der Waals surface area contributed by atoms with Crippen LogP contribution < -0.4 is 5.73 Å². The number of carbonyl (C=O) groups is 1. The van der Waals surface area contributed by atoms with Gasteiger partial charge in [-0.25, -0.2) is 0 Å². The van der Waals surface area contributed by atoms with Crippen molar-refractivity contribution in [2.24, 2.45) is 5.92 Å². The molecule has 1 aromatic heterocycles. The highest BCUT2D eigenvalue weighted by atomic mass is 16.2. The highest BCUT2D eigenvalue weighted by molar-refractivity contribution is 5.98. The topological polar surface area (TPSA) is 62.5 Å². The molecule has 1 aromatic rings. The minimum atomic E-state index is -0.0365. The van der Waals surface area contributed by atoms with Gasteiger partial charge in [0.25, 0.3) is 5.91 Å². The molecule has 0 unspecified atom stereocenters. The molecular weight excluding hydrogens is 252 g/mol. The van der Waals surface area contributed by atoms with E-state index in [9.17, 15) is 4.79 Å². The van der Waals surface area contributed by atoms with Crippen molar-refractivity contribution in [1.29, 1.82) is 0 Å². The summed E-state index contributed by atoms with van der Waals surface area (Å²) < 4.78 is 0. The van der Waals surface area contributed by atoms with Crippen LogP contribution in [0.25, 0.3) is 0 Å². The Kier molecular flexibility index (Phi) is 5.95. The summed E-state index contributed by atoms with van der Waals surface area (Å²) in [6.07, 6.45) is 1.58. The van der Waals surface area contributed by atoms with Crippen LogP contribution in [0.1, 0.15) is 29.9 Å². The average Bonchev–Trinajstić information content (AvgIpc) is 2.33. The maximum absolute atomic E-state index is 12.6. The number of likely N-dealkylation sites (N-methyl/N-ethyl adjacent to an activating group) is 1. The number of nitrogens with two attached hydrogens (primary N) is 1. The number of hydrogen-bond acceptors (Lipinski definition) is 4. The van der Waals surface area contributed by atoms with Crippen LogP contribution in [0.2, 0.25) is 0 Å². The lowest BCUT2D eigenvalue weighted by Gasteiger charge is -2.26. The first kappa shape index (κ1) is 16.4. The van der Waals surface area contributed by atoms with Gasteiger partial charge in [0.2, 0.25) is 0 Å². The van der Waals surface area contributed by atoms with Crippen LogP contribution >= 0.6 is 0 Å². The van der Waals surface area contributed by atoms with E-state index in [2.05, 4.69) is 23.7 Å². The molecule has 1 rings (SSSR count). The number of aryl methyl sites for hydroxylation is 1. The Morgan fingerprint density at radius 3 is 2.50 bits per heavy atom. The van der Waals surface area contributed by atoms with E-state index in [1.165, 1.54) is 0 Å². The number of nitrogen functional groups attached to an aromatic ring is 1. The monoisotopic (exact) mass is 278 g/mol. The standard InChI is InChI=1S/C15H26N4O/c1-11(2)10-19(7-6-18(4)5)15(20)13-9-17-12(3)8-14(13)16/h8-9,11H,6-7,10H2,1-5H3,(H2,16,17). The summed E-state index contributed by atoms with van der Waals surface area (Å²) in [6.45, 7) is 8.32. The number of carbonyl (C=O) groups excluding carboxylic acids is 1. The molecule has 0 saturated carbocycles. The first-order valence-corrected chi connectivity index (χ1v) is 6.97. The molecule has 1 heterocycles. The molecule has 0 saturated heterocycles. The molecule has 0 aliphatic heterocycles. The van der Waals surface area contributed by atoms with Crippen molar-refractivity contribution in [3.05, 3.63) is 23.5 Å². The van der Waals surface area contributed by atoms with Gasteiger partial charge in [0, 0.05) is 37.2 Å². The van der Waals surface area contributed by atoms with Crippen molar-refractivity contribution < 1.29 is 4.79 Å². The Labute approximate surface area is 121 Å². The van der Waals surface area contributed by atoms with Gasteiger partial charge in [0.15, 0.2) is 0 Å². The van der Waals surface area contributed by atoms with Gasteiger partial charge in [-0.05, 0) is 33.0 Å². The molecule has 5 heteroatoms. The highest BCUT2D eigenvalue weighted by Gasteiger charge is 2.19. The minimum absolute atomic E-state index is 0.0365. The van der Waals surface area contributed by atoms with Crippen LogP contribution in [-0.2, 0) is 0 Å². The number of amides is 1. The Hall–Kier alpha value is -1.62. The summed E-state index contributed by atoms with van der Waals surface area (Å²) in [5.41, 5.74) is 7.77. The zero-order chi connectivity index (χ0) is 15.3. The van der Waals surface area contributed by atoms with Crippen LogP contribution in [-0.4, -0.2) is 54.4 Å². The first-order chi connectivity index (χ1) is 9.31. The fraction of sp³-hybridized carbons (Fsp3) is 0.600. The summed E-state index contributed by atoms with van der Waals surface area (Å²) in [5, 5.41) is 0. The molecule has 0 aliphatic carbocycles. The third-order valence-electron chi connectivity index (χ3n) is 2.99. The van der Waals surface area contributed by atoms with E-state index in [1.807, 2.05) is 25.9 Å². The second-order valence-electron chi connectivity index (χ2n) is 5.86. The number of anilines is 1. The van der Waals surface area contributed by atoms with Gasteiger partial charge < -0.3 is 15.5 Å². The summed E-state index contributed by atoms with van der Waals surface area (Å²) >= 11 is 0.